The van der Waals surface area contributed by atoms with Crippen LogP contribution in [0.2, 0.25) is 10.0 Å². The van der Waals surface area contributed by atoms with Gasteiger partial charge < -0.3 is 10.1 Å². The van der Waals surface area contributed by atoms with E-state index in [4.69, 9.17) is 27.9 Å². The van der Waals surface area contributed by atoms with E-state index in [1.165, 1.54) is 31.3 Å². The van der Waals surface area contributed by atoms with Crippen molar-refractivity contribution < 1.29 is 17.9 Å². The van der Waals surface area contributed by atoms with Crippen LogP contribution in [0.4, 0.5) is 5.69 Å². The van der Waals surface area contributed by atoms with E-state index in [0.29, 0.717) is 21.5 Å². The summed E-state index contributed by atoms with van der Waals surface area (Å²) in [7, 11) is -2.47. The average Bonchev–Trinajstić information content (AvgIpc) is 2.57. The molecule has 0 heterocycles. The number of amides is 1. The molecular weight excluding hydrogens is 411 g/mol. The van der Waals surface area contributed by atoms with Gasteiger partial charge in [0, 0.05) is 17.8 Å². The van der Waals surface area contributed by atoms with Gasteiger partial charge in [-0.3, -0.25) is 4.79 Å². The van der Waals surface area contributed by atoms with Crippen molar-refractivity contribution in [3.63, 3.8) is 0 Å². The van der Waals surface area contributed by atoms with Crippen LogP contribution in [0.1, 0.15) is 13.8 Å². The summed E-state index contributed by atoms with van der Waals surface area (Å²) in [5.74, 6) is 0.00994. The molecule has 0 atom stereocenters. The first kappa shape index (κ1) is 21.5. The first-order valence-corrected chi connectivity index (χ1v) is 10.3. The number of anilines is 1. The average molecular weight is 431 g/mol. The summed E-state index contributed by atoms with van der Waals surface area (Å²) in [6.45, 7) is 3.40. The van der Waals surface area contributed by atoms with E-state index in [1.54, 1.807) is 18.2 Å². The van der Waals surface area contributed by atoms with Crippen molar-refractivity contribution in [2.24, 2.45) is 0 Å². The fourth-order valence-electron chi connectivity index (χ4n) is 2.20. The Labute approximate surface area is 169 Å². The number of rotatable bonds is 7. The maximum atomic E-state index is 12.5. The van der Waals surface area contributed by atoms with Crippen molar-refractivity contribution in [2.75, 3.05) is 18.9 Å². The SMILES string of the molecule is CC(C)Oc1ccc(NC(=O)CN(C)S(=O)(=O)c2ccc(Cl)cc2)cc1Cl. The van der Waals surface area contributed by atoms with Crippen molar-refractivity contribution in [3.8, 4) is 5.75 Å². The molecule has 0 fully saturated rings. The predicted octanol–water partition coefficient (Wildman–Crippen LogP) is 4.04. The Kier molecular flexibility index (Phi) is 7.11. The fraction of sp³-hybridized carbons (Fsp3) is 0.278. The zero-order chi connectivity index (χ0) is 20.2. The summed E-state index contributed by atoms with van der Waals surface area (Å²) < 4.78 is 31.5. The van der Waals surface area contributed by atoms with E-state index in [2.05, 4.69) is 5.32 Å². The van der Waals surface area contributed by atoms with Gasteiger partial charge in [-0.2, -0.15) is 4.31 Å². The minimum absolute atomic E-state index is 0.0327. The molecule has 0 saturated carbocycles. The van der Waals surface area contributed by atoms with E-state index >= 15 is 0 Å². The molecule has 0 radical (unpaired) electrons. The monoisotopic (exact) mass is 430 g/mol. The van der Waals surface area contributed by atoms with Crippen LogP contribution in [0.15, 0.2) is 47.4 Å². The molecule has 0 spiro atoms. The van der Waals surface area contributed by atoms with Gasteiger partial charge in [0.15, 0.2) is 0 Å². The highest BCUT2D eigenvalue weighted by Gasteiger charge is 2.23. The lowest BCUT2D eigenvalue weighted by molar-refractivity contribution is -0.116. The Morgan fingerprint density at radius 1 is 1.15 bits per heavy atom. The van der Waals surface area contributed by atoms with Crippen LogP contribution in [-0.2, 0) is 14.8 Å². The van der Waals surface area contributed by atoms with Gasteiger partial charge in [-0.15, -0.1) is 0 Å². The molecule has 2 rings (SSSR count). The molecular formula is C18H20Cl2N2O4S. The zero-order valence-electron chi connectivity index (χ0n) is 15.1. The van der Waals surface area contributed by atoms with Crippen LogP contribution in [0, 0.1) is 0 Å². The van der Waals surface area contributed by atoms with Crippen molar-refractivity contribution in [3.05, 3.63) is 52.5 Å². The molecule has 1 amide bonds. The van der Waals surface area contributed by atoms with Crippen LogP contribution in [0.5, 0.6) is 5.75 Å². The number of hydrogen-bond acceptors (Lipinski definition) is 4. The molecule has 0 unspecified atom stereocenters. The molecule has 27 heavy (non-hydrogen) atoms. The van der Waals surface area contributed by atoms with Gasteiger partial charge in [-0.25, -0.2) is 8.42 Å². The smallest absolute Gasteiger partial charge is 0.243 e. The van der Waals surface area contributed by atoms with E-state index < -0.39 is 15.9 Å². The molecule has 9 heteroatoms. The fourth-order valence-corrected chi connectivity index (χ4v) is 3.68. The first-order valence-electron chi connectivity index (χ1n) is 8.07. The normalized spacial score (nSPS) is 11.7. The number of halogens is 2. The Hall–Kier alpha value is -1.80. The number of carbonyl (C=O) groups excluding carboxylic acids is 1. The molecule has 2 aromatic rings. The molecule has 146 valence electrons. The van der Waals surface area contributed by atoms with Gasteiger partial charge in [0.25, 0.3) is 0 Å². The molecule has 0 aliphatic carbocycles. The Bertz CT molecular complexity index is 915. The third-order valence-electron chi connectivity index (χ3n) is 3.47. The van der Waals surface area contributed by atoms with Crippen LogP contribution in [0.3, 0.4) is 0 Å². The van der Waals surface area contributed by atoms with Crippen LogP contribution >= 0.6 is 23.2 Å². The van der Waals surface area contributed by atoms with Gasteiger partial charge in [-0.1, -0.05) is 23.2 Å². The second kappa shape index (κ2) is 8.93. The molecule has 0 saturated heterocycles. The van der Waals surface area contributed by atoms with Gasteiger partial charge in [-0.05, 0) is 56.3 Å². The van der Waals surface area contributed by atoms with E-state index in [1.807, 2.05) is 13.8 Å². The zero-order valence-corrected chi connectivity index (χ0v) is 17.4. The highest BCUT2D eigenvalue weighted by Crippen LogP contribution is 2.28. The topological polar surface area (TPSA) is 75.7 Å². The Morgan fingerprint density at radius 3 is 2.33 bits per heavy atom. The highest BCUT2D eigenvalue weighted by molar-refractivity contribution is 7.89. The van der Waals surface area contributed by atoms with Crippen molar-refractivity contribution in [1.82, 2.24) is 4.31 Å². The third kappa shape index (κ3) is 5.84. The van der Waals surface area contributed by atoms with Gasteiger partial charge in [0.05, 0.1) is 22.6 Å². The number of sulfonamides is 1. The maximum absolute atomic E-state index is 12.5. The standard InChI is InChI=1S/C18H20Cl2N2O4S/c1-12(2)26-17-9-6-14(10-16(17)20)21-18(23)11-22(3)27(24,25)15-7-4-13(19)5-8-15/h4-10,12H,11H2,1-3H3,(H,21,23). The van der Waals surface area contributed by atoms with Crippen molar-refractivity contribution >= 4 is 44.8 Å². The summed E-state index contributed by atoms with van der Waals surface area (Å²) in [4.78, 5) is 12.3. The first-order chi connectivity index (χ1) is 12.6. The lowest BCUT2D eigenvalue weighted by atomic mass is 10.3. The van der Waals surface area contributed by atoms with Crippen molar-refractivity contribution in [2.45, 2.75) is 24.8 Å². The highest BCUT2D eigenvalue weighted by atomic mass is 35.5. The number of likely N-dealkylation sites (N-methyl/N-ethyl adjacent to an activating group) is 1. The molecule has 0 bridgehead atoms. The lowest BCUT2D eigenvalue weighted by Gasteiger charge is -2.17. The van der Waals surface area contributed by atoms with Crippen LogP contribution < -0.4 is 10.1 Å². The van der Waals surface area contributed by atoms with Crippen molar-refractivity contribution in [1.29, 1.82) is 0 Å². The lowest BCUT2D eigenvalue weighted by Crippen LogP contribution is -2.34. The molecule has 2 aromatic carbocycles. The van der Waals surface area contributed by atoms with Gasteiger partial charge >= 0.3 is 0 Å². The maximum Gasteiger partial charge on any atom is 0.243 e. The van der Waals surface area contributed by atoms with Gasteiger partial charge in [0.1, 0.15) is 5.75 Å². The van der Waals surface area contributed by atoms with Crippen LogP contribution in [0.25, 0.3) is 0 Å². The second-order valence-corrected chi connectivity index (χ2v) is 8.96. The molecule has 0 aromatic heterocycles. The number of nitrogens with one attached hydrogen (secondary N) is 1. The summed E-state index contributed by atoms with van der Waals surface area (Å²) in [5.41, 5.74) is 0.443. The van der Waals surface area contributed by atoms with E-state index in [0.717, 1.165) is 4.31 Å². The Balaban J connectivity index is 2.04. The number of ether oxygens (including phenoxy) is 1. The number of hydrogen-bond donors (Lipinski definition) is 1. The summed E-state index contributed by atoms with van der Waals surface area (Å²) in [6, 6.07) is 10.6. The number of nitrogens with zero attached hydrogens (tertiary/aromatic N) is 1. The quantitative estimate of drug-likeness (QED) is 0.718. The minimum Gasteiger partial charge on any atom is -0.489 e. The van der Waals surface area contributed by atoms with Gasteiger partial charge in [0.2, 0.25) is 15.9 Å². The molecule has 0 aliphatic heterocycles. The summed E-state index contributed by atoms with van der Waals surface area (Å²) >= 11 is 11.9. The largest absolute Gasteiger partial charge is 0.489 e. The molecule has 1 N–H and O–H groups in total. The summed E-state index contributed by atoms with van der Waals surface area (Å²) in [6.07, 6.45) is -0.0327. The second-order valence-electron chi connectivity index (χ2n) is 6.07. The van der Waals surface area contributed by atoms with E-state index in [9.17, 15) is 13.2 Å². The van der Waals surface area contributed by atoms with E-state index in [-0.39, 0.29) is 17.5 Å². The minimum atomic E-state index is -3.80. The Morgan fingerprint density at radius 2 is 1.78 bits per heavy atom. The van der Waals surface area contributed by atoms with Crippen LogP contribution in [-0.4, -0.2) is 38.3 Å². The molecule has 0 aliphatic rings. The predicted molar refractivity (Wildman–Crippen MR) is 107 cm³/mol. The molecule has 6 nitrogen and oxygen atoms in total. The third-order valence-corrected chi connectivity index (χ3v) is 5.83. The number of carbonyl (C=O) groups is 1. The number of benzene rings is 2. The summed E-state index contributed by atoms with van der Waals surface area (Å²) in [5, 5.41) is 3.40.